The number of aromatic nitrogens is 2. The quantitative estimate of drug-likeness (QED) is 0.782. The lowest BCUT2D eigenvalue weighted by Gasteiger charge is -2.35. The van der Waals surface area contributed by atoms with Crippen LogP contribution in [0, 0.1) is 0 Å². The molecule has 2 aromatic rings. The van der Waals surface area contributed by atoms with E-state index in [-0.39, 0.29) is 18.4 Å². The number of hydrogen-bond acceptors (Lipinski definition) is 5. The number of carbonyl (C=O) groups excluding carboxylic acids is 2. The van der Waals surface area contributed by atoms with Gasteiger partial charge in [-0.1, -0.05) is 12.1 Å². The maximum atomic E-state index is 12.3. The van der Waals surface area contributed by atoms with Crippen LogP contribution < -0.4 is 10.2 Å². The van der Waals surface area contributed by atoms with Crippen LogP contribution in [-0.4, -0.2) is 65.8 Å². The number of hydrogen-bond donors (Lipinski definition) is 1. The number of ether oxygens (including phenoxy) is 1. The van der Waals surface area contributed by atoms with Gasteiger partial charge in [-0.25, -0.2) is 9.78 Å². The third-order valence-electron chi connectivity index (χ3n) is 4.71. The third-order valence-corrected chi connectivity index (χ3v) is 4.71. The van der Waals surface area contributed by atoms with E-state index in [1.165, 1.54) is 0 Å². The smallest absolute Gasteiger partial charge is 0.317 e. The summed E-state index contributed by atoms with van der Waals surface area (Å²) in [4.78, 5) is 32.4. The van der Waals surface area contributed by atoms with Crippen LogP contribution >= 0.6 is 0 Å². The van der Waals surface area contributed by atoms with Crippen LogP contribution in [0.3, 0.4) is 0 Å². The highest BCUT2D eigenvalue weighted by Gasteiger charge is 2.24. The molecular weight excluding hydrogens is 346 g/mol. The predicted molar refractivity (Wildman–Crippen MR) is 104 cm³/mol. The Morgan fingerprint density at radius 1 is 1.15 bits per heavy atom. The fourth-order valence-electron chi connectivity index (χ4n) is 3.34. The lowest BCUT2D eigenvalue weighted by atomic mass is 10.3. The van der Waals surface area contributed by atoms with Crippen LogP contribution in [0.2, 0.25) is 0 Å². The van der Waals surface area contributed by atoms with Crippen LogP contribution in [-0.2, 0) is 16.1 Å². The van der Waals surface area contributed by atoms with E-state index in [0.717, 1.165) is 36.6 Å². The second-order valence-electron chi connectivity index (χ2n) is 6.41. The number of nitrogens with zero attached hydrogens (tertiary/aromatic N) is 4. The van der Waals surface area contributed by atoms with Crippen molar-refractivity contribution in [1.82, 2.24) is 19.8 Å². The summed E-state index contributed by atoms with van der Waals surface area (Å²) >= 11 is 0. The van der Waals surface area contributed by atoms with Gasteiger partial charge in [0.1, 0.15) is 0 Å². The van der Waals surface area contributed by atoms with Crippen molar-refractivity contribution in [1.29, 1.82) is 0 Å². The van der Waals surface area contributed by atoms with Gasteiger partial charge in [0.05, 0.1) is 24.1 Å². The Bertz CT molecular complexity index is 796. The summed E-state index contributed by atoms with van der Waals surface area (Å²) in [5.41, 5.74) is 2.13. The average molecular weight is 373 g/mol. The van der Waals surface area contributed by atoms with E-state index in [0.29, 0.717) is 26.2 Å². The maximum absolute atomic E-state index is 12.3. The zero-order chi connectivity index (χ0) is 19.2. The average Bonchev–Trinajstić information content (AvgIpc) is 3.07. The van der Waals surface area contributed by atoms with E-state index in [9.17, 15) is 9.59 Å². The number of para-hydroxylation sites is 2. The molecule has 3 rings (SSSR count). The molecule has 2 heterocycles. The van der Waals surface area contributed by atoms with Crippen molar-refractivity contribution in [2.24, 2.45) is 0 Å². The van der Waals surface area contributed by atoms with Crippen molar-refractivity contribution in [2.45, 2.75) is 26.8 Å². The Hall–Kier alpha value is -2.77. The lowest BCUT2D eigenvalue weighted by Crippen LogP contribution is -2.52. The first-order valence-electron chi connectivity index (χ1n) is 9.52. The zero-order valence-corrected chi connectivity index (χ0v) is 16.0. The van der Waals surface area contributed by atoms with Crippen molar-refractivity contribution in [2.75, 3.05) is 44.2 Å². The van der Waals surface area contributed by atoms with E-state index >= 15 is 0 Å². The normalized spacial score (nSPS) is 14.4. The summed E-state index contributed by atoms with van der Waals surface area (Å²) in [5.74, 6) is 0.669. The Kier molecular flexibility index (Phi) is 6.16. The molecule has 0 radical (unpaired) electrons. The molecule has 146 valence electrons. The summed E-state index contributed by atoms with van der Waals surface area (Å²) in [5, 5.41) is 2.79. The Morgan fingerprint density at radius 3 is 2.59 bits per heavy atom. The molecule has 0 atom stereocenters. The number of rotatable bonds is 6. The van der Waals surface area contributed by atoms with Crippen molar-refractivity contribution < 1.29 is 14.3 Å². The largest absolute Gasteiger partial charge is 0.466 e. The number of esters is 1. The van der Waals surface area contributed by atoms with Gasteiger partial charge in [-0.15, -0.1) is 0 Å². The number of carbonyl (C=O) groups is 2. The topological polar surface area (TPSA) is 79.7 Å². The number of amides is 2. The highest BCUT2D eigenvalue weighted by molar-refractivity contribution is 5.79. The number of anilines is 1. The fourth-order valence-corrected chi connectivity index (χ4v) is 3.34. The van der Waals surface area contributed by atoms with Gasteiger partial charge in [-0.05, 0) is 26.0 Å². The predicted octanol–water partition coefficient (Wildman–Crippen LogP) is 1.84. The fraction of sp³-hybridized carbons (Fsp3) is 0.526. The molecule has 1 aromatic heterocycles. The Labute approximate surface area is 159 Å². The van der Waals surface area contributed by atoms with Crippen molar-refractivity contribution >= 4 is 29.0 Å². The number of imidazole rings is 1. The molecule has 1 saturated heterocycles. The van der Waals surface area contributed by atoms with E-state index < -0.39 is 0 Å². The molecular formula is C19H27N5O3. The minimum absolute atomic E-state index is 0.136. The molecule has 27 heavy (non-hydrogen) atoms. The second kappa shape index (κ2) is 8.75. The number of aryl methyl sites for hydroxylation is 1. The third kappa shape index (κ3) is 4.32. The summed E-state index contributed by atoms with van der Waals surface area (Å²) in [7, 11) is 0. The molecule has 0 bridgehead atoms. The van der Waals surface area contributed by atoms with E-state index in [4.69, 9.17) is 9.72 Å². The van der Waals surface area contributed by atoms with Gasteiger partial charge in [0, 0.05) is 39.3 Å². The van der Waals surface area contributed by atoms with Gasteiger partial charge in [0.2, 0.25) is 5.95 Å². The SMILES string of the molecule is CCOC(=O)CCNC(=O)N1CCN(c2nc3ccccc3n2CC)CC1. The standard InChI is InChI=1S/C19H27N5O3/c1-3-24-16-8-6-5-7-15(16)21-18(24)22-11-13-23(14-12-22)19(26)20-10-9-17(25)27-4-2/h5-8H,3-4,9-14H2,1-2H3,(H,20,26). The number of benzene rings is 1. The summed E-state index contributed by atoms with van der Waals surface area (Å²) in [6.45, 7) is 8.10. The molecule has 1 fully saturated rings. The minimum Gasteiger partial charge on any atom is -0.466 e. The Morgan fingerprint density at radius 2 is 1.89 bits per heavy atom. The van der Waals surface area contributed by atoms with Crippen molar-refractivity contribution in [3.05, 3.63) is 24.3 Å². The molecule has 2 amide bonds. The number of nitrogens with one attached hydrogen (secondary N) is 1. The first-order chi connectivity index (χ1) is 13.1. The van der Waals surface area contributed by atoms with Crippen LogP contribution in [0.25, 0.3) is 11.0 Å². The van der Waals surface area contributed by atoms with Crippen LogP contribution in [0.5, 0.6) is 0 Å². The van der Waals surface area contributed by atoms with Crippen LogP contribution in [0.4, 0.5) is 10.7 Å². The molecule has 1 N–H and O–H groups in total. The molecule has 1 aromatic carbocycles. The monoisotopic (exact) mass is 373 g/mol. The second-order valence-corrected chi connectivity index (χ2v) is 6.41. The highest BCUT2D eigenvalue weighted by Crippen LogP contribution is 2.23. The summed E-state index contributed by atoms with van der Waals surface area (Å²) in [6.07, 6.45) is 0.195. The van der Waals surface area contributed by atoms with Gasteiger partial charge in [-0.2, -0.15) is 0 Å². The molecule has 0 spiro atoms. The number of urea groups is 1. The van der Waals surface area contributed by atoms with Crippen molar-refractivity contribution in [3.63, 3.8) is 0 Å². The first-order valence-corrected chi connectivity index (χ1v) is 9.52. The van der Waals surface area contributed by atoms with Gasteiger partial charge < -0.3 is 24.4 Å². The van der Waals surface area contributed by atoms with E-state index in [1.54, 1.807) is 11.8 Å². The summed E-state index contributed by atoms with van der Waals surface area (Å²) in [6, 6.07) is 8.00. The lowest BCUT2D eigenvalue weighted by molar-refractivity contribution is -0.142. The van der Waals surface area contributed by atoms with E-state index in [1.807, 2.05) is 18.2 Å². The van der Waals surface area contributed by atoms with Crippen LogP contribution in [0.1, 0.15) is 20.3 Å². The molecule has 0 unspecified atom stereocenters. The molecule has 1 aliphatic heterocycles. The molecule has 8 nitrogen and oxygen atoms in total. The van der Waals surface area contributed by atoms with Gasteiger partial charge in [0.15, 0.2) is 0 Å². The molecule has 0 aliphatic carbocycles. The maximum Gasteiger partial charge on any atom is 0.317 e. The van der Waals surface area contributed by atoms with Gasteiger partial charge >= 0.3 is 12.0 Å². The van der Waals surface area contributed by atoms with Crippen LogP contribution in [0.15, 0.2) is 24.3 Å². The van der Waals surface area contributed by atoms with Crippen molar-refractivity contribution in [3.8, 4) is 0 Å². The highest BCUT2D eigenvalue weighted by atomic mass is 16.5. The summed E-state index contributed by atoms with van der Waals surface area (Å²) < 4.78 is 7.07. The number of piperazine rings is 1. The first kappa shape index (κ1) is 19.0. The number of fused-ring (bicyclic) bond motifs is 1. The molecule has 1 aliphatic rings. The molecule has 0 saturated carbocycles. The zero-order valence-electron chi connectivity index (χ0n) is 16.0. The minimum atomic E-state index is -0.291. The van der Waals surface area contributed by atoms with Gasteiger partial charge in [0.25, 0.3) is 0 Å². The Balaban J connectivity index is 1.54. The molecule has 8 heteroatoms. The van der Waals surface area contributed by atoms with Gasteiger partial charge in [-0.3, -0.25) is 4.79 Å². The van der Waals surface area contributed by atoms with E-state index in [2.05, 4.69) is 27.8 Å².